The summed E-state index contributed by atoms with van der Waals surface area (Å²) >= 11 is 0. The van der Waals surface area contributed by atoms with E-state index in [1.807, 2.05) is 24.3 Å². The quantitative estimate of drug-likeness (QED) is 0.781. The molecule has 0 aliphatic carbocycles. The molecule has 0 spiro atoms. The van der Waals surface area contributed by atoms with Crippen molar-refractivity contribution in [3.05, 3.63) is 35.5 Å². The number of carbonyl (C=O) groups excluding carboxylic acids is 1. The second-order valence-electron chi connectivity index (χ2n) is 7.09. The number of aryl methyl sites for hydroxylation is 2. The van der Waals surface area contributed by atoms with E-state index in [1.54, 1.807) is 14.2 Å². The van der Waals surface area contributed by atoms with Crippen molar-refractivity contribution in [3.8, 4) is 11.5 Å². The number of benzene rings is 1. The molecule has 7 heteroatoms. The SMILES string of the molecule is COc1cc(CCc2cc(NC(=O)C3CCCN(C)C3)n[nH]2)cc(OC)c1. The van der Waals surface area contributed by atoms with Gasteiger partial charge >= 0.3 is 0 Å². The fourth-order valence-corrected chi connectivity index (χ4v) is 3.45. The summed E-state index contributed by atoms with van der Waals surface area (Å²) in [7, 11) is 5.35. The van der Waals surface area contributed by atoms with E-state index in [-0.39, 0.29) is 11.8 Å². The Kier molecular flexibility index (Phi) is 6.34. The summed E-state index contributed by atoms with van der Waals surface area (Å²) in [6, 6.07) is 7.76. The van der Waals surface area contributed by atoms with Crippen LogP contribution in [0, 0.1) is 5.92 Å². The van der Waals surface area contributed by atoms with Crippen LogP contribution in [0.3, 0.4) is 0 Å². The molecule has 0 radical (unpaired) electrons. The van der Waals surface area contributed by atoms with Crippen LogP contribution in [0.4, 0.5) is 5.82 Å². The van der Waals surface area contributed by atoms with Crippen molar-refractivity contribution in [3.63, 3.8) is 0 Å². The lowest BCUT2D eigenvalue weighted by molar-refractivity contribution is -0.121. The Morgan fingerprint density at radius 2 is 1.96 bits per heavy atom. The van der Waals surface area contributed by atoms with E-state index in [2.05, 4.69) is 27.5 Å². The predicted molar refractivity (Wildman–Crippen MR) is 104 cm³/mol. The summed E-state index contributed by atoms with van der Waals surface area (Å²) in [5, 5.41) is 10.2. The van der Waals surface area contributed by atoms with Gasteiger partial charge in [-0.3, -0.25) is 9.89 Å². The maximum absolute atomic E-state index is 12.4. The van der Waals surface area contributed by atoms with Crippen LogP contribution >= 0.6 is 0 Å². The molecule has 3 rings (SSSR count). The van der Waals surface area contributed by atoms with Gasteiger partial charge in [0.15, 0.2) is 5.82 Å². The maximum Gasteiger partial charge on any atom is 0.229 e. The van der Waals surface area contributed by atoms with E-state index in [9.17, 15) is 4.79 Å². The van der Waals surface area contributed by atoms with Gasteiger partial charge in [0.1, 0.15) is 11.5 Å². The van der Waals surface area contributed by atoms with E-state index >= 15 is 0 Å². The van der Waals surface area contributed by atoms with Gasteiger partial charge in [-0.05, 0) is 57.0 Å². The minimum absolute atomic E-state index is 0.0353. The fourth-order valence-electron chi connectivity index (χ4n) is 3.45. The first-order valence-electron chi connectivity index (χ1n) is 9.33. The summed E-state index contributed by atoms with van der Waals surface area (Å²) in [4.78, 5) is 14.6. The lowest BCUT2D eigenvalue weighted by Gasteiger charge is -2.28. The standard InChI is InChI=1S/C20H28N4O3/c1-24-8-4-5-15(13-24)20(25)21-19-11-16(22-23-19)7-6-14-9-17(26-2)12-18(10-14)27-3/h9-12,15H,4-8,13H2,1-3H3,(H2,21,22,23,25). The molecule has 1 unspecified atom stereocenters. The van der Waals surface area contributed by atoms with E-state index in [4.69, 9.17) is 9.47 Å². The van der Waals surface area contributed by atoms with Crippen LogP contribution in [0.5, 0.6) is 11.5 Å². The molecule has 2 N–H and O–H groups in total. The van der Waals surface area contributed by atoms with Crippen LogP contribution in [0.25, 0.3) is 0 Å². The van der Waals surface area contributed by atoms with E-state index in [0.29, 0.717) is 5.82 Å². The van der Waals surface area contributed by atoms with Gasteiger partial charge in [0.05, 0.1) is 20.1 Å². The van der Waals surface area contributed by atoms with Gasteiger partial charge in [-0.1, -0.05) is 0 Å². The number of nitrogens with zero attached hydrogens (tertiary/aromatic N) is 2. The first-order chi connectivity index (χ1) is 13.1. The number of methoxy groups -OCH3 is 2. The molecule has 27 heavy (non-hydrogen) atoms. The van der Waals surface area contributed by atoms with Crippen LogP contribution in [0.1, 0.15) is 24.1 Å². The first-order valence-corrected chi connectivity index (χ1v) is 9.33. The summed E-state index contributed by atoms with van der Waals surface area (Å²) < 4.78 is 10.6. The third-order valence-electron chi connectivity index (χ3n) is 4.97. The average molecular weight is 372 g/mol. The average Bonchev–Trinajstić information content (AvgIpc) is 3.13. The summed E-state index contributed by atoms with van der Waals surface area (Å²) in [6.07, 6.45) is 3.59. The molecular formula is C20H28N4O3. The van der Waals surface area contributed by atoms with Crippen molar-refractivity contribution in [1.82, 2.24) is 15.1 Å². The zero-order valence-electron chi connectivity index (χ0n) is 16.2. The Morgan fingerprint density at radius 3 is 2.63 bits per heavy atom. The number of ether oxygens (including phenoxy) is 2. The molecule has 0 saturated carbocycles. The monoisotopic (exact) mass is 372 g/mol. The topological polar surface area (TPSA) is 79.5 Å². The van der Waals surface area contributed by atoms with Gasteiger partial charge in [-0.15, -0.1) is 0 Å². The molecule has 1 aromatic carbocycles. The summed E-state index contributed by atoms with van der Waals surface area (Å²) in [5.41, 5.74) is 2.10. The molecular weight excluding hydrogens is 344 g/mol. The maximum atomic E-state index is 12.4. The molecule has 1 fully saturated rings. The molecule has 1 atom stereocenters. The van der Waals surface area contributed by atoms with Gasteiger partial charge in [0.25, 0.3) is 0 Å². The molecule has 2 aromatic rings. The fraction of sp³-hybridized carbons (Fsp3) is 0.500. The van der Waals surface area contributed by atoms with Crippen molar-refractivity contribution in [2.24, 2.45) is 5.92 Å². The normalized spacial score (nSPS) is 17.5. The number of rotatable bonds is 7. The predicted octanol–water partition coefficient (Wildman–Crippen LogP) is 2.49. The number of amides is 1. The van der Waals surface area contributed by atoms with Crippen molar-refractivity contribution >= 4 is 11.7 Å². The number of carbonyl (C=O) groups is 1. The number of likely N-dealkylation sites (tertiary alicyclic amines) is 1. The third-order valence-corrected chi connectivity index (χ3v) is 4.97. The van der Waals surface area contributed by atoms with Gasteiger partial charge < -0.3 is 19.7 Å². The molecule has 1 aliphatic rings. The van der Waals surface area contributed by atoms with Crippen molar-refractivity contribution < 1.29 is 14.3 Å². The van der Waals surface area contributed by atoms with Gasteiger partial charge in [0.2, 0.25) is 5.91 Å². The molecule has 1 aromatic heterocycles. The number of aromatic amines is 1. The highest BCUT2D eigenvalue weighted by Crippen LogP contribution is 2.23. The van der Waals surface area contributed by atoms with E-state index in [1.165, 1.54) is 0 Å². The van der Waals surface area contributed by atoms with Crippen LogP contribution in [0.2, 0.25) is 0 Å². The van der Waals surface area contributed by atoms with E-state index < -0.39 is 0 Å². The smallest absolute Gasteiger partial charge is 0.229 e. The molecule has 0 bridgehead atoms. The number of H-pyrrole nitrogens is 1. The van der Waals surface area contributed by atoms with Crippen LogP contribution in [0.15, 0.2) is 24.3 Å². The number of nitrogens with one attached hydrogen (secondary N) is 2. The molecule has 2 heterocycles. The molecule has 1 aliphatic heterocycles. The van der Waals surface area contributed by atoms with Crippen LogP contribution in [-0.2, 0) is 17.6 Å². The van der Waals surface area contributed by atoms with Crippen molar-refractivity contribution in [2.45, 2.75) is 25.7 Å². The second-order valence-corrected chi connectivity index (χ2v) is 7.09. The largest absolute Gasteiger partial charge is 0.497 e. The molecule has 1 saturated heterocycles. The van der Waals surface area contributed by atoms with E-state index in [0.717, 1.165) is 61.5 Å². The van der Waals surface area contributed by atoms with Crippen molar-refractivity contribution in [2.75, 3.05) is 39.7 Å². The molecule has 1 amide bonds. The van der Waals surface area contributed by atoms with Gasteiger partial charge in [-0.25, -0.2) is 0 Å². The lowest BCUT2D eigenvalue weighted by Crippen LogP contribution is -2.38. The van der Waals surface area contributed by atoms with Gasteiger partial charge in [-0.2, -0.15) is 5.10 Å². The molecule has 146 valence electrons. The summed E-state index contributed by atoms with van der Waals surface area (Å²) in [6.45, 7) is 1.87. The van der Waals surface area contributed by atoms with Crippen LogP contribution in [-0.4, -0.2) is 55.4 Å². The highest BCUT2D eigenvalue weighted by Gasteiger charge is 2.24. The first kappa shape index (κ1) is 19.2. The highest BCUT2D eigenvalue weighted by molar-refractivity contribution is 5.91. The Labute approximate surface area is 160 Å². The minimum Gasteiger partial charge on any atom is -0.497 e. The van der Waals surface area contributed by atoms with Gasteiger partial charge in [0, 0.05) is 24.4 Å². The zero-order chi connectivity index (χ0) is 19.2. The number of aromatic nitrogens is 2. The minimum atomic E-state index is 0.0353. The Balaban J connectivity index is 1.56. The molecule has 7 nitrogen and oxygen atoms in total. The Bertz CT molecular complexity index is 752. The zero-order valence-corrected chi connectivity index (χ0v) is 16.2. The lowest BCUT2D eigenvalue weighted by atomic mass is 9.98. The number of hydrogen-bond donors (Lipinski definition) is 2. The number of piperidine rings is 1. The summed E-state index contributed by atoms with van der Waals surface area (Å²) in [5.74, 6) is 2.23. The highest BCUT2D eigenvalue weighted by atomic mass is 16.5. The number of anilines is 1. The number of hydrogen-bond acceptors (Lipinski definition) is 5. The second kappa shape index (κ2) is 8.90. The Hall–Kier alpha value is -2.54. The Morgan fingerprint density at radius 1 is 1.22 bits per heavy atom. The third kappa shape index (κ3) is 5.23. The van der Waals surface area contributed by atoms with Crippen LogP contribution < -0.4 is 14.8 Å². The van der Waals surface area contributed by atoms with Crippen molar-refractivity contribution in [1.29, 1.82) is 0 Å².